The van der Waals surface area contributed by atoms with Crippen LogP contribution >= 0.6 is 0 Å². The van der Waals surface area contributed by atoms with Gasteiger partial charge in [0.1, 0.15) is 0 Å². The Balaban J connectivity index is 1.79. The number of rotatable bonds is 9. The average Bonchev–Trinajstić information content (AvgIpc) is 2.86. The Kier molecular flexibility index (Phi) is 6.09. The highest BCUT2D eigenvalue weighted by molar-refractivity contribution is 5.39. The number of fused-ring (bicyclic) bond motifs is 1. The molecule has 0 fully saturated rings. The highest BCUT2D eigenvalue weighted by Gasteiger charge is 2.36. The minimum atomic E-state index is 0.292. The van der Waals surface area contributed by atoms with E-state index in [1.54, 1.807) is 11.1 Å². The van der Waals surface area contributed by atoms with Crippen molar-refractivity contribution in [3.8, 4) is 0 Å². The van der Waals surface area contributed by atoms with Crippen LogP contribution in [0, 0.1) is 0 Å². The summed E-state index contributed by atoms with van der Waals surface area (Å²) in [6.07, 6.45) is 13.5. The van der Waals surface area contributed by atoms with E-state index in [2.05, 4.69) is 31.2 Å². The van der Waals surface area contributed by atoms with Crippen molar-refractivity contribution in [2.45, 2.75) is 76.5 Å². The normalized spacial score (nSPS) is 21.1. The van der Waals surface area contributed by atoms with Crippen molar-refractivity contribution in [3.63, 3.8) is 0 Å². The highest BCUT2D eigenvalue weighted by atomic mass is 14.6. The molecule has 0 aliphatic heterocycles. The smallest absolute Gasteiger partial charge is 0.00814 e. The second kappa shape index (κ2) is 7.83. The number of hydrogen-bond donors (Lipinski definition) is 1. The van der Waals surface area contributed by atoms with Gasteiger partial charge >= 0.3 is 0 Å². The molecule has 1 aliphatic carbocycles. The van der Waals surface area contributed by atoms with Crippen LogP contribution in [0.5, 0.6) is 0 Å². The summed E-state index contributed by atoms with van der Waals surface area (Å²) < 4.78 is 0. The summed E-state index contributed by atoms with van der Waals surface area (Å²) in [7, 11) is 0. The summed E-state index contributed by atoms with van der Waals surface area (Å²) >= 11 is 0. The lowest BCUT2D eigenvalue weighted by atomic mass is 9.77. The number of hydrogen-bond acceptors (Lipinski definition) is 1. The predicted molar refractivity (Wildman–Crippen MR) is 88.1 cm³/mol. The first-order valence-corrected chi connectivity index (χ1v) is 8.61. The van der Waals surface area contributed by atoms with Gasteiger partial charge in [-0.05, 0) is 30.4 Å². The van der Waals surface area contributed by atoms with Gasteiger partial charge in [-0.3, -0.25) is 0 Å². The van der Waals surface area contributed by atoms with E-state index in [-0.39, 0.29) is 0 Å². The van der Waals surface area contributed by atoms with Gasteiger partial charge in [0.15, 0.2) is 0 Å². The molecule has 0 spiro atoms. The standard InChI is InChI=1S/C19H31N/c1-2-3-4-5-6-7-10-14-19(16-20)15-13-17-11-8-9-12-18(17)19/h8-9,11-12H,2-7,10,13-16,20H2,1H3. The Hall–Kier alpha value is -0.820. The van der Waals surface area contributed by atoms with Crippen LogP contribution in [0.3, 0.4) is 0 Å². The molecule has 1 aliphatic rings. The fourth-order valence-corrected chi connectivity index (χ4v) is 3.76. The van der Waals surface area contributed by atoms with Gasteiger partial charge in [-0.2, -0.15) is 0 Å². The van der Waals surface area contributed by atoms with Crippen LogP contribution in [0.15, 0.2) is 24.3 Å². The molecule has 1 unspecified atom stereocenters. The first-order chi connectivity index (χ1) is 9.82. The largest absolute Gasteiger partial charge is 0.330 e. The summed E-state index contributed by atoms with van der Waals surface area (Å²) in [6.45, 7) is 3.10. The maximum atomic E-state index is 6.16. The topological polar surface area (TPSA) is 26.0 Å². The van der Waals surface area contributed by atoms with Crippen molar-refractivity contribution in [2.75, 3.05) is 6.54 Å². The maximum absolute atomic E-state index is 6.16. The van der Waals surface area contributed by atoms with Crippen molar-refractivity contribution in [1.82, 2.24) is 0 Å². The van der Waals surface area contributed by atoms with Gasteiger partial charge in [-0.25, -0.2) is 0 Å². The molecule has 2 N–H and O–H groups in total. The number of nitrogens with two attached hydrogens (primary N) is 1. The monoisotopic (exact) mass is 273 g/mol. The maximum Gasteiger partial charge on any atom is 0.00814 e. The summed E-state index contributed by atoms with van der Waals surface area (Å²) in [5.41, 5.74) is 9.55. The average molecular weight is 273 g/mol. The molecule has 1 atom stereocenters. The van der Waals surface area contributed by atoms with Crippen LogP contribution < -0.4 is 5.73 Å². The SMILES string of the molecule is CCCCCCCCCC1(CN)CCc2ccccc21. The third kappa shape index (κ3) is 3.63. The van der Waals surface area contributed by atoms with Crippen LogP contribution in [0.4, 0.5) is 0 Å². The van der Waals surface area contributed by atoms with E-state index in [0.717, 1.165) is 6.54 Å². The second-order valence-corrected chi connectivity index (χ2v) is 6.51. The number of unbranched alkanes of at least 4 members (excludes halogenated alkanes) is 6. The highest BCUT2D eigenvalue weighted by Crippen LogP contribution is 2.41. The van der Waals surface area contributed by atoms with Crippen molar-refractivity contribution < 1.29 is 0 Å². The molecule has 0 heterocycles. The van der Waals surface area contributed by atoms with E-state index in [4.69, 9.17) is 5.73 Å². The lowest BCUT2D eigenvalue weighted by molar-refractivity contribution is 0.380. The third-order valence-electron chi connectivity index (χ3n) is 5.11. The van der Waals surface area contributed by atoms with Gasteiger partial charge in [0.25, 0.3) is 0 Å². The summed E-state index contributed by atoms with van der Waals surface area (Å²) in [4.78, 5) is 0. The Morgan fingerprint density at radius 3 is 2.45 bits per heavy atom. The molecular formula is C19H31N. The fraction of sp³-hybridized carbons (Fsp3) is 0.684. The Morgan fingerprint density at radius 2 is 1.70 bits per heavy atom. The first kappa shape index (κ1) is 15.6. The molecule has 0 bridgehead atoms. The molecule has 0 aromatic heterocycles. The van der Waals surface area contributed by atoms with Gasteiger partial charge in [0.05, 0.1) is 0 Å². The van der Waals surface area contributed by atoms with Gasteiger partial charge in [-0.15, -0.1) is 0 Å². The van der Waals surface area contributed by atoms with Crippen LogP contribution in [0.2, 0.25) is 0 Å². The number of aryl methyl sites for hydroxylation is 1. The molecule has 112 valence electrons. The molecule has 20 heavy (non-hydrogen) atoms. The first-order valence-electron chi connectivity index (χ1n) is 8.61. The fourth-order valence-electron chi connectivity index (χ4n) is 3.76. The Bertz CT molecular complexity index is 399. The van der Waals surface area contributed by atoms with Crippen molar-refractivity contribution in [3.05, 3.63) is 35.4 Å². The molecule has 0 amide bonds. The lowest BCUT2D eigenvalue weighted by Crippen LogP contribution is -2.32. The van der Waals surface area contributed by atoms with Crippen LogP contribution in [-0.4, -0.2) is 6.54 Å². The molecule has 0 saturated heterocycles. The molecule has 1 heteroatoms. The Morgan fingerprint density at radius 1 is 1.00 bits per heavy atom. The zero-order chi connectivity index (χ0) is 14.3. The number of benzene rings is 1. The summed E-state index contributed by atoms with van der Waals surface area (Å²) in [5.74, 6) is 0. The minimum absolute atomic E-state index is 0.292. The molecule has 1 aromatic rings. The van der Waals surface area contributed by atoms with E-state index in [1.165, 1.54) is 64.2 Å². The minimum Gasteiger partial charge on any atom is -0.330 e. The molecule has 1 aromatic carbocycles. The van der Waals surface area contributed by atoms with Crippen molar-refractivity contribution >= 4 is 0 Å². The lowest BCUT2D eigenvalue weighted by Gasteiger charge is -2.29. The quantitative estimate of drug-likeness (QED) is 0.632. The summed E-state index contributed by atoms with van der Waals surface area (Å²) in [5, 5.41) is 0. The van der Waals surface area contributed by atoms with E-state index < -0.39 is 0 Å². The third-order valence-corrected chi connectivity index (χ3v) is 5.11. The van der Waals surface area contributed by atoms with Crippen LogP contribution in [-0.2, 0) is 11.8 Å². The van der Waals surface area contributed by atoms with Gasteiger partial charge in [0.2, 0.25) is 0 Å². The zero-order valence-corrected chi connectivity index (χ0v) is 13.2. The zero-order valence-electron chi connectivity index (χ0n) is 13.2. The van der Waals surface area contributed by atoms with Gasteiger partial charge in [-0.1, -0.05) is 76.1 Å². The molecule has 1 nitrogen and oxygen atoms in total. The Labute approximate surface area is 125 Å². The predicted octanol–water partition coefficient (Wildman–Crippen LogP) is 4.97. The van der Waals surface area contributed by atoms with Gasteiger partial charge < -0.3 is 5.73 Å². The van der Waals surface area contributed by atoms with Gasteiger partial charge in [0, 0.05) is 12.0 Å². The second-order valence-electron chi connectivity index (χ2n) is 6.51. The van der Waals surface area contributed by atoms with E-state index in [0.29, 0.717) is 5.41 Å². The van der Waals surface area contributed by atoms with E-state index in [9.17, 15) is 0 Å². The molecule has 0 radical (unpaired) electrons. The van der Waals surface area contributed by atoms with Crippen LogP contribution in [0.1, 0.15) is 75.8 Å². The summed E-state index contributed by atoms with van der Waals surface area (Å²) in [6, 6.07) is 8.95. The molecular weight excluding hydrogens is 242 g/mol. The van der Waals surface area contributed by atoms with E-state index in [1.807, 2.05) is 0 Å². The van der Waals surface area contributed by atoms with Crippen LogP contribution in [0.25, 0.3) is 0 Å². The molecule has 2 rings (SSSR count). The van der Waals surface area contributed by atoms with Crippen molar-refractivity contribution in [2.24, 2.45) is 5.73 Å². The molecule has 0 saturated carbocycles. The van der Waals surface area contributed by atoms with E-state index >= 15 is 0 Å². The van der Waals surface area contributed by atoms with Crippen molar-refractivity contribution in [1.29, 1.82) is 0 Å².